The van der Waals surface area contributed by atoms with Crippen LogP contribution in [0.1, 0.15) is 27.2 Å². The highest BCUT2D eigenvalue weighted by atomic mass is 14.7. The lowest BCUT2D eigenvalue weighted by molar-refractivity contribution is 0.745. The molecule has 0 atom stereocenters. The number of nitrogens with two attached hydrogens (primary N) is 1. The summed E-state index contributed by atoms with van der Waals surface area (Å²) in [6.07, 6.45) is 2.80. The van der Waals surface area contributed by atoms with E-state index >= 15 is 0 Å². The van der Waals surface area contributed by atoms with Gasteiger partial charge < -0.3 is 5.73 Å². The summed E-state index contributed by atoms with van der Waals surface area (Å²) in [5, 5.41) is 0. The molecule has 2 heteroatoms. The van der Waals surface area contributed by atoms with E-state index in [0.717, 1.165) is 17.7 Å². The van der Waals surface area contributed by atoms with E-state index in [2.05, 4.69) is 25.8 Å². The summed E-state index contributed by atoms with van der Waals surface area (Å²) in [4.78, 5) is 3.95. The van der Waals surface area contributed by atoms with Gasteiger partial charge in [-0.25, -0.2) is 0 Å². The third-order valence-electron chi connectivity index (χ3n) is 1.66. The molecule has 2 N–H and O–H groups in total. The quantitative estimate of drug-likeness (QED) is 0.620. The van der Waals surface area contributed by atoms with Crippen LogP contribution in [0.4, 0.5) is 0 Å². The fraction of sp³-hybridized carbons (Fsp3) is 0.667. The fourth-order valence-corrected chi connectivity index (χ4v) is 0.897. The van der Waals surface area contributed by atoms with Crippen molar-refractivity contribution in [1.29, 1.82) is 0 Å². The molecule has 0 aromatic carbocycles. The Labute approximate surface area is 69.2 Å². The van der Waals surface area contributed by atoms with Crippen molar-refractivity contribution in [2.75, 3.05) is 7.05 Å². The predicted octanol–water partition coefficient (Wildman–Crippen LogP) is 1.97. The first-order valence-corrected chi connectivity index (χ1v) is 4.04. The fourth-order valence-electron chi connectivity index (χ4n) is 0.897. The highest BCUT2D eigenvalue weighted by Crippen LogP contribution is 2.10. The first kappa shape index (κ1) is 10.2. The van der Waals surface area contributed by atoms with Gasteiger partial charge in [0.15, 0.2) is 0 Å². The van der Waals surface area contributed by atoms with Gasteiger partial charge in [0, 0.05) is 19.0 Å². The van der Waals surface area contributed by atoms with Crippen molar-refractivity contribution < 1.29 is 0 Å². The third-order valence-corrected chi connectivity index (χ3v) is 1.66. The lowest BCUT2D eigenvalue weighted by Gasteiger charge is -2.08. The molecule has 11 heavy (non-hydrogen) atoms. The maximum Gasteiger partial charge on any atom is 0.0277 e. The minimum absolute atomic E-state index is 0.419. The van der Waals surface area contributed by atoms with E-state index in [9.17, 15) is 0 Å². The summed E-state index contributed by atoms with van der Waals surface area (Å²) in [5.41, 5.74) is 7.96. The predicted molar refractivity (Wildman–Crippen MR) is 50.8 cm³/mol. The first-order chi connectivity index (χ1) is 5.13. The number of nitrogens with zero attached hydrogens (tertiary/aromatic N) is 1. The normalized spacial score (nSPS) is 14.3. The minimum atomic E-state index is 0.419. The van der Waals surface area contributed by atoms with Crippen molar-refractivity contribution in [3.8, 4) is 0 Å². The Bertz CT molecular complexity index is 166. The van der Waals surface area contributed by atoms with Crippen LogP contribution in [0.3, 0.4) is 0 Å². The van der Waals surface area contributed by atoms with Gasteiger partial charge in [-0.3, -0.25) is 4.99 Å². The van der Waals surface area contributed by atoms with Gasteiger partial charge in [-0.1, -0.05) is 20.8 Å². The second kappa shape index (κ2) is 4.94. The SMILES string of the molecule is CC/C(C=NC)=C(/N)C(C)C. The molecule has 0 heterocycles. The number of allylic oxidation sites excluding steroid dienone is 2. The summed E-state index contributed by atoms with van der Waals surface area (Å²) < 4.78 is 0. The molecule has 0 aliphatic rings. The van der Waals surface area contributed by atoms with E-state index in [4.69, 9.17) is 5.73 Å². The molecule has 0 aromatic rings. The molecule has 0 spiro atoms. The molecule has 0 saturated carbocycles. The zero-order valence-electron chi connectivity index (χ0n) is 7.89. The zero-order chi connectivity index (χ0) is 8.85. The Balaban J connectivity index is 4.53. The highest BCUT2D eigenvalue weighted by molar-refractivity contribution is 5.79. The molecule has 2 nitrogen and oxygen atoms in total. The highest BCUT2D eigenvalue weighted by Gasteiger charge is 2.02. The van der Waals surface area contributed by atoms with Gasteiger partial charge in [-0.05, 0) is 17.9 Å². The van der Waals surface area contributed by atoms with E-state index in [0.29, 0.717) is 5.92 Å². The average molecular weight is 154 g/mol. The van der Waals surface area contributed by atoms with Crippen molar-refractivity contribution in [3.05, 3.63) is 11.3 Å². The van der Waals surface area contributed by atoms with E-state index in [-0.39, 0.29) is 0 Å². The van der Waals surface area contributed by atoms with Crippen molar-refractivity contribution in [2.45, 2.75) is 27.2 Å². The van der Waals surface area contributed by atoms with Crippen LogP contribution in [0, 0.1) is 5.92 Å². The Kier molecular flexibility index (Phi) is 4.59. The summed E-state index contributed by atoms with van der Waals surface area (Å²) in [5.74, 6) is 0.419. The van der Waals surface area contributed by atoms with Crippen LogP contribution >= 0.6 is 0 Å². The molecule has 64 valence electrons. The van der Waals surface area contributed by atoms with Gasteiger partial charge in [-0.2, -0.15) is 0 Å². The van der Waals surface area contributed by atoms with Crippen molar-refractivity contribution in [2.24, 2.45) is 16.6 Å². The van der Waals surface area contributed by atoms with E-state index in [1.54, 1.807) is 7.05 Å². The second-order valence-electron chi connectivity index (χ2n) is 2.88. The Morgan fingerprint density at radius 3 is 2.36 bits per heavy atom. The lowest BCUT2D eigenvalue weighted by Crippen LogP contribution is -2.09. The number of aliphatic imine (C=N–C) groups is 1. The van der Waals surface area contributed by atoms with Gasteiger partial charge in [0.2, 0.25) is 0 Å². The van der Waals surface area contributed by atoms with Gasteiger partial charge in [0.05, 0.1) is 0 Å². The van der Waals surface area contributed by atoms with E-state index in [1.807, 2.05) is 6.21 Å². The smallest absolute Gasteiger partial charge is 0.0277 e. The summed E-state index contributed by atoms with van der Waals surface area (Å²) in [6.45, 7) is 6.27. The molecular weight excluding hydrogens is 136 g/mol. The molecular formula is C9H18N2. The molecule has 0 bridgehead atoms. The van der Waals surface area contributed by atoms with Crippen LogP contribution < -0.4 is 5.73 Å². The van der Waals surface area contributed by atoms with E-state index < -0.39 is 0 Å². The third kappa shape index (κ3) is 3.21. The van der Waals surface area contributed by atoms with Crippen LogP contribution in [-0.4, -0.2) is 13.3 Å². The summed E-state index contributed by atoms with van der Waals surface area (Å²) in [7, 11) is 1.77. The average Bonchev–Trinajstić information content (AvgIpc) is 1.98. The van der Waals surface area contributed by atoms with Gasteiger partial charge in [0.25, 0.3) is 0 Å². The maximum atomic E-state index is 5.85. The summed E-state index contributed by atoms with van der Waals surface area (Å²) >= 11 is 0. The molecule has 0 unspecified atom stereocenters. The largest absolute Gasteiger partial charge is 0.402 e. The Hall–Kier alpha value is -0.790. The number of hydrogen-bond acceptors (Lipinski definition) is 2. The molecule has 0 aromatic heterocycles. The van der Waals surface area contributed by atoms with Crippen molar-refractivity contribution >= 4 is 6.21 Å². The van der Waals surface area contributed by atoms with Crippen LogP contribution in [0.5, 0.6) is 0 Å². The van der Waals surface area contributed by atoms with Crippen molar-refractivity contribution in [1.82, 2.24) is 0 Å². The second-order valence-corrected chi connectivity index (χ2v) is 2.88. The maximum absolute atomic E-state index is 5.85. The van der Waals surface area contributed by atoms with Crippen LogP contribution in [-0.2, 0) is 0 Å². The lowest BCUT2D eigenvalue weighted by atomic mass is 10.0. The van der Waals surface area contributed by atoms with Gasteiger partial charge in [-0.15, -0.1) is 0 Å². The minimum Gasteiger partial charge on any atom is -0.402 e. The molecule has 0 saturated heterocycles. The van der Waals surface area contributed by atoms with Gasteiger partial charge >= 0.3 is 0 Å². The monoisotopic (exact) mass is 154 g/mol. The van der Waals surface area contributed by atoms with E-state index in [1.165, 1.54) is 0 Å². The number of hydrogen-bond donors (Lipinski definition) is 1. The van der Waals surface area contributed by atoms with Crippen LogP contribution in [0.25, 0.3) is 0 Å². The van der Waals surface area contributed by atoms with Gasteiger partial charge in [0.1, 0.15) is 0 Å². The number of rotatable bonds is 3. The molecule has 0 amide bonds. The zero-order valence-corrected chi connectivity index (χ0v) is 7.89. The molecule has 0 aliphatic heterocycles. The molecule has 0 aliphatic carbocycles. The Morgan fingerprint density at radius 2 is 2.09 bits per heavy atom. The molecule has 0 radical (unpaired) electrons. The first-order valence-electron chi connectivity index (χ1n) is 4.04. The topological polar surface area (TPSA) is 38.4 Å². The van der Waals surface area contributed by atoms with Crippen LogP contribution in [0.15, 0.2) is 16.3 Å². The van der Waals surface area contributed by atoms with Crippen LogP contribution in [0.2, 0.25) is 0 Å². The summed E-state index contributed by atoms with van der Waals surface area (Å²) in [6, 6.07) is 0. The Morgan fingerprint density at radius 1 is 1.55 bits per heavy atom. The molecule has 0 rings (SSSR count). The standard InChI is InChI=1S/C9H18N2/c1-5-8(6-11-4)9(10)7(2)3/h6-7H,5,10H2,1-4H3/b9-8-,11-6?. The van der Waals surface area contributed by atoms with Crippen molar-refractivity contribution in [3.63, 3.8) is 0 Å². The molecule has 0 fully saturated rings.